The molecule has 0 atom stereocenters. The van der Waals surface area contributed by atoms with Crippen LogP contribution < -0.4 is 14.2 Å². The summed E-state index contributed by atoms with van der Waals surface area (Å²) in [7, 11) is 0. The Kier molecular flexibility index (Phi) is 4.46. The zero-order valence-electron chi connectivity index (χ0n) is 16.9. The third-order valence-corrected chi connectivity index (χ3v) is 5.57. The summed E-state index contributed by atoms with van der Waals surface area (Å²) in [6, 6.07) is 14.8. The number of carbonyl (C=O) groups excluding carboxylic acids is 3. The highest BCUT2D eigenvalue weighted by Crippen LogP contribution is 2.57. The molecule has 0 aliphatic carbocycles. The number of hydrogen-bond acceptors (Lipinski definition) is 7. The van der Waals surface area contributed by atoms with Crippen molar-refractivity contribution < 1.29 is 33.3 Å². The van der Waals surface area contributed by atoms with Crippen LogP contribution in [0.4, 0.5) is 0 Å². The van der Waals surface area contributed by atoms with Crippen molar-refractivity contribution >= 4 is 29.5 Å². The van der Waals surface area contributed by atoms with Crippen molar-refractivity contribution in [1.82, 2.24) is 0 Å². The first kappa shape index (κ1) is 20.1. The topological polar surface area (TPSA) is 88.1 Å². The minimum atomic E-state index is -1.34. The van der Waals surface area contributed by atoms with E-state index in [4.69, 9.17) is 30.5 Å². The lowest BCUT2D eigenvalue weighted by Crippen LogP contribution is -2.33. The molecule has 0 radical (unpaired) electrons. The minimum Gasteiger partial charge on any atom is -0.456 e. The van der Waals surface area contributed by atoms with Crippen LogP contribution in [-0.2, 0) is 19.9 Å². The molecular formula is C24H15ClO7. The number of fused-ring (bicyclic) bond motifs is 6. The number of ether oxygens (including phenoxy) is 4. The summed E-state index contributed by atoms with van der Waals surface area (Å²) in [5.74, 6) is -0.385. The van der Waals surface area contributed by atoms with E-state index in [0.29, 0.717) is 28.2 Å². The summed E-state index contributed by atoms with van der Waals surface area (Å²) in [4.78, 5) is 35.8. The van der Waals surface area contributed by atoms with E-state index in [9.17, 15) is 14.4 Å². The molecule has 0 N–H and O–H groups in total. The van der Waals surface area contributed by atoms with Crippen LogP contribution in [0.25, 0.3) is 0 Å². The summed E-state index contributed by atoms with van der Waals surface area (Å²) < 4.78 is 22.5. The molecule has 3 aromatic rings. The van der Waals surface area contributed by atoms with Crippen LogP contribution >= 0.6 is 11.6 Å². The van der Waals surface area contributed by atoms with Crippen molar-refractivity contribution in [2.24, 2.45) is 0 Å². The van der Waals surface area contributed by atoms with Crippen LogP contribution in [0.1, 0.15) is 40.9 Å². The molecule has 0 bridgehead atoms. The van der Waals surface area contributed by atoms with Gasteiger partial charge in [-0.05, 0) is 30.3 Å². The van der Waals surface area contributed by atoms with Gasteiger partial charge in [0.05, 0.1) is 10.6 Å². The highest BCUT2D eigenvalue weighted by molar-refractivity contribution is 6.34. The van der Waals surface area contributed by atoms with Crippen LogP contribution in [-0.4, -0.2) is 17.9 Å². The number of hydrogen-bond donors (Lipinski definition) is 0. The molecule has 2 aliphatic rings. The van der Waals surface area contributed by atoms with E-state index in [-0.39, 0.29) is 22.1 Å². The minimum absolute atomic E-state index is 0.265. The second-order valence-corrected chi connectivity index (χ2v) is 7.75. The van der Waals surface area contributed by atoms with E-state index in [1.165, 1.54) is 26.0 Å². The summed E-state index contributed by atoms with van der Waals surface area (Å²) >= 11 is 6.34. The highest BCUT2D eigenvalue weighted by Gasteiger charge is 2.54. The summed E-state index contributed by atoms with van der Waals surface area (Å²) in [6.45, 7) is 2.58. The molecule has 160 valence electrons. The molecule has 0 saturated heterocycles. The first-order chi connectivity index (χ1) is 15.3. The van der Waals surface area contributed by atoms with Gasteiger partial charge in [0, 0.05) is 42.7 Å². The smallest absolute Gasteiger partial charge is 0.341 e. The SMILES string of the molecule is CC(=O)Oc1ccc2c(c1)Oc1cc(OC(C)=O)ccc1C21OC(=O)c2c(Cl)cccc21. The number of rotatable bonds is 2. The van der Waals surface area contributed by atoms with Gasteiger partial charge in [-0.25, -0.2) is 4.79 Å². The quantitative estimate of drug-likeness (QED) is 0.411. The Morgan fingerprint density at radius 2 is 1.41 bits per heavy atom. The fraction of sp³-hybridized carbons (Fsp3) is 0.125. The molecule has 2 heterocycles. The van der Waals surface area contributed by atoms with Gasteiger partial charge >= 0.3 is 17.9 Å². The fourth-order valence-electron chi connectivity index (χ4n) is 4.15. The first-order valence-electron chi connectivity index (χ1n) is 9.65. The lowest BCUT2D eigenvalue weighted by atomic mass is 9.77. The van der Waals surface area contributed by atoms with Crippen molar-refractivity contribution in [2.75, 3.05) is 0 Å². The maximum absolute atomic E-state index is 12.9. The normalized spacial score (nSPS) is 14.5. The van der Waals surface area contributed by atoms with E-state index >= 15 is 0 Å². The Bertz CT molecular complexity index is 1260. The van der Waals surface area contributed by atoms with Crippen LogP contribution in [0.5, 0.6) is 23.0 Å². The maximum atomic E-state index is 12.9. The molecule has 0 fully saturated rings. The molecule has 1 spiro atoms. The molecular weight excluding hydrogens is 436 g/mol. The van der Waals surface area contributed by atoms with Gasteiger partial charge in [-0.15, -0.1) is 0 Å². The fourth-order valence-corrected chi connectivity index (χ4v) is 4.40. The van der Waals surface area contributed by atoms with Gasteiger partial charge < -0.3 is 18.9 Å². The number of carbonyl (C=O) groups is 3. The van der Waals surface area contributed by atoms with Crippen molar-refractivity contribution in [3.05, 3.63) is 81.9 Å². The van der Waals surface area contributed by atoms with Gasteiger partial charge in [-0.3, -0.25) is 9.59 Å². The predicted octanol–water partition coefficient (Wildman–Crippen LogP) is 4.76. The van der Waals surface area contributed by atoms with E-state index in [0.717, 1.165) is 0 Å². The van der Waals surface area contributed by atoms with Crippen LogP contribution in [0, 0.1) is 0 Å². The van der Waals surface area contributed by atoms with E-state index in [2.05, 4.69) is 0 Å². The molecule has 0 aromatic heterocycles. The lowest BCUT2D eigenvalue weighted by molar-refractivity contribution is -0.132. The highest BCUT2D eigenvalue weighted by atomic mass is 35.5. The monoisotopic (exact) mass is 450 g/mol. The summed E-state index contributed by atoms with van der Waals surface area (Å²) in [5.41, 5.74) is 0.553. The molecule has 0 unspecified atom stereocenters. The molecule has 2 aliphatic heterocycles. The van der Waals surface area contributed by atoms with Crippen molar-refractivity contribution in [3.63, 3.8) is 0 Å². The van der Waals surface area contributed by atoms with Gasteiger partial charge in [-0.1, -0.05) is 23.7 Å². The Labute approximate surface area is 187 Å². The second kappa shape index (κ2) is 7.10. The van der Waals surface area contributed by atoms with E-state index in [1.54, 1.807) is 42.5 Å². The number of benzene rings is 3. The zero-order chi connectivity index (χ0) is 22.6. The van der Waals surface area contributed by atoms with Gasteiger partial charge in [0.1, 0.15) is 23.0 Å². The standard InChI is InChI=1S/C24H15ClO7/c1-12(26)29-14-6-8-16-20(10-14)31-21-11-15(30-13(2)27)7-9-17(21)24(16)18-4-3-5-19(25)22(18)23(28)32-24/h3-11H,1-2H3. The Hall–Kier alpha value is -3.84. The predicted molar refractivity (Wildman–Crippen MR) is 112 cm³/mol. The Morgan fingerprint density at radius 1 is 0.844 bits per heavy atom. The third kappa shape index (κ3) is 2.93. The van der Waals surface area contributed by atoms with E-state index in [1.807, 2.05) is 0 Å². The largest absolute Gasteiger partial charge is 0.456 e. The average molecular weight is 451 g/mol. The average Bonchev–Trinajstić information content (AvgIpc) is 3.01. The van der Waals surface area contributed by atoms with E-state index < -0.39 is 23.5 Å². The number of halogens is 1. The van der Waals surface area contributed by atoms with Crippen LogP contribution in [0.2, 0.25) is 5.02 Å². The van der Waals surface area contributed by atoms with Crippen molar-refractivity contribution in [2.45, 2.75) is 19.4 Å². The Morgan fingerprint density at radius 3 is 1.94 bits per heavy atom. The first-order valence-corrected chi connectivity index (χ1v) is 10.0. The van der Waals surface area contributed by atoms with Crippen LogP contribution in [0.3, 0.4) is 0 Å². The molecule has 0 amide bonds. The molecule has 3 aromatic carbocycles. The third-order valence-electron chi connectivity index (χ3n) is 5.25. The van der Waals surface area contributed by atoms with Gasteiger partial charge in [0.15, 0.2) is 5.60 Å². The number of esters is 3. The van der Waals surface area contributed by atoms with Crippen molar-refractivity contribution in [1.29, 1.82) is 0 Å². The molecule has 8 heteroatoms. The molecule has 5 rings (SSSR count). The van der Waals surface area contributed by atoms with Gasteiger partial charge in [0.2, 0.25) is 0 Å². The molecule has 0 saturated carbocycles. The lowest BCUT2D eigenvalue weighted by Gasteiger charge is -2.36. The van der Waals surface area contributed by atoms with Gasteiger partial charge in [-0.2, -0.15) is 0 Å². The summed E-state index contributed by atoms with van der Waals surface area (Å²) in [5, 5.41) is 0.270. The Balaban J connectivity index is 1.78. The molecule has 7 nitrogen and oxygen atoms in total. The zero-order valence-corrected chi connectivity index (χ0v) is 17.7. The van der Waals surface area contributed by atoms with Crippen LogP contribution in [0.15, 0.2) is 54.6 Å². The summed E-state index contributed by atoms with van der Waals surface area (Å²) in [6.07, 6.45) is 0. The van der Waals surface area contributed by atoms with Crippen molar-refractivity contribution in [3.8, 4) is 23.0 Å². The second-order valence-electron chi connectivity index (χ2n) is 7.34. The van der Waals surface area contributed by atoms with Gasteiger partial charge in [0.25, 0.3) is 0 Å². The maximum Gasteiger partial charge on any atom is 0.341 e. The molecule has 32 heavy (non-hydrogen) atoms.